The summed E-state index contributed by atoms with van der Waals surface area (Å²) in [4.78, 5) is 45.6. The SMILES string of the molecule is Cc1cccc(C)c1-c1cc(C(CC(=O)O)NC(=O)C(CC(C)C)n2cc(CCN3CC(F)C3)c(C(F)(F)F)cc2=O)cn2ccnc12. The number of hydrogen-bond acceptors (Lipinski definition) is 5. The first-order valence-electron chi connectivity index (χ1n) is 15.9. The van der Waals surface area contributed by atoms with Crippen molar-refractivity contribution in [2.24, 2.45) is 5.92 Å². The lowest BCUT2D eigenvalue weighted by Gasteiger charge is -2.34. The predicted octanol–water partition coefficient (Wildman–Crippen LogP) is 5.91. The quantitative estimate of drug-likeness (QED) is 0.182. The van der Waals surface area contributed by atoms with E-state index in [0.29, 0.717) is 17.3 Å². The van der Waals surface area contributed by atoms with Crippen LogP contribution in [-0.2, 0) is 22.2 Å². The van der Waals surface area contributed by atoms with Crippen LogP contribution < -0.4 is 10.9 Å². The number of nitrogens with zero attached hydrogens (tertiary/aromatic N) is 4. The maximum absolute atomic E-state index is 14.1. The Bertz CT molecular complexity index is 1860. The number of carboxylic acid groups (broad SMARTS) is 1. The fourth-order valence-electron chi connectivity index (χ4n) is 6.42. The number of carbonyl (C=O) groups excluding carboxylic acids is 1. The molecule has 4 aromatic rings. The summed E-state index contributed by atoms with van der Waals surface area (Å²) in [5.74, 6) is -2.04. The van der Waals surface area contributed by atoms with E-state index in [1.54, 1.807) is 34.0 Å². The number of imidazole rings is 1. The molecule has 9 nitrogen and oxygen atoms in total. The lowest BCUT2D eigenvalue weighted by Crippen LogP contribution is -2.49. The monoisotopic (exact) mass is 669 g/mol. The van der Waals surface area contributed by atoms with Gasteiger partial charge >= 0.3 is 12.1 Å². The average Bonchev–Trinajstić information content (AvgIpc) is 3.46. The van der Waals surface area contributed by atoms with Crippen LogP contribution in [0.1, 0.15) is 66.6 Å². The van der Waals surface area contributed by atoms with Gasteiger partial charge in [0, 0.05) is 56.1 Å². The molecule has 0 aliphatic carbocycles. The Labute approximate surface area is 275 Å². The molecule has 5 rings (SSSR count). The number of aromatic nitrogens is 3. The van der Waals surface area contributed by atoms with Gasteiger partial charge in [-0.1, -0.05) is 32.0 Å². The second-order valence-electron chi connectivity index (χ2n) is 13.0. The number of aliphatic carboxylic acids is 1. The zero-order chi connectivity index (χ0) is 34.9. The topological polar surface area (TPSA) is 109 Å². The number of aryl methyl sites for hydroxylation is 2. The summed E-state index contributed by atoms with van der Waals surface area (Å²) in [7, 11) is 0. The van der Waals surface area contributed by atoms with E-state index in [4.69, 9.17) is 0 Å². The number of carboxylic acids is 1. The van der Waals surface area contributed by atoms with E-state index in [2.05, 4.69) is 10.3 Å². The largest absolute Gasteiger partial charge is 0.481 e. The number of rotatable bonds is 12. The number of pyridine rings is 2. The zero-order valence-electron chi connectivity index (χ0n) is 27.2. The van der Waals surface area contributed by atoms with Gasteiger partial charge < -0.3 is 19.4 Å². The number of carbonyl (C=O) groups is 2. The van der Waals surface area contributed by atoms with Crippen molar-refractivity contribution in [3.05, 3.63) is 93.3 Å². The fourth-order valence-corrected chi connectivity index (χ4v) is 6.42. The van der Waals surface area contributed by atoms with Crippen molar-refractivity contribution in [3.63, 3.8) is 0 Å². The smallest absolute Gasteiger partial charge is 0.416 e. The summed E-state index contributed by atoms with van der Waals surface area (Å²) in [6.45, 7) is 7.94. The molecule has 13 heteroatoms. The third-order valence-corrected chi connectivity index (χ3v) is 8.77. The first kappa shape index (κ1) is 34.8. The van der Waals surface area contributed by atoms with Gasteiger partial charge in [0.1, 0.15) is 17.9 Å². The Balaban J connectivity index is 1.54. The number of alkyl halides is 4. The first-order valence-corrected chi connectivity index (χ1v) is 15.9. The van der Waals surface area contributed by atoms with E-state index in [-0.39, 0.29) is 44.0 Å². The highest BCUT2D eigenvalue weighted by molar-refractivity contribution is 5.84. The molecule has 0 saturated carbocycles. The van der Waals surface area contributed by atoms with Crippen molar-refractivity contribution in [2.45, 2.75) is 71.4 Å². The van der Waals surface area contributed by atoms with Crippen molar-refractivity contribution in [3.8, 4) is 11.1 Å². The predicted molar refractivity (Wildman–Crippen MR) is 172 cm³/mol. The molecular formula is C35H39F4N5O4. The molecule has 1 amide bonds. The highest BCUT2D eigenvalue weighted by Gasteiger charge is 2.36. The van der Waals surface area contributed by atoms with Crippen LogP contribution in [-0.4, -0.2) is 61.6 Å². The average molecular weight is 670 g/mol. The van der Waals surface area contributed by atoms with Crippen LogP contribution >= 0.6 is 0 Å². The molecule has 0 radical (unpaired) electrons. The molecule has 1 aliphatic heterocycles. The van der Waals surface area contributed by atoms with Crippen LogP contribution in [0, 0.1) is 19.8 Å². The van der Waals surface area contributed by atoms with E-state index >= 15 is 0 Å². The van der Waals surface area contributed by atoms with Crippen LogP contribution in [0.4, 0.5) is 17.6 Å². The van der Waals surface area contributed by atoms with Gasteiger partial charge in [0.25, 0.3) is 5.56 Å². The summed E-state index contributed by atoms with van der Waals surface area (Å²) < 4.78 is 58.2. The standard InChI is InChI=1S/C35H39F4N5O4/c1-20(2)12-29(44-17-23(8-10-42-18-25(36)19-42)27(14-30(44)45)35(37,38)39)34(48)41-28(15-31(46)47)24-13-26(33-40-9-11-43(33)16-24)32-21(3)6-5-7-22(32)4/h5-7,9,11,13-14,16-17,20,25,28-29H,8,10,12,15,18-19H2,1-4H3,(H,41,48)(H,46,47). The normalized spacial score (nSPS) is 15.4. The van der Waals surface area contributed by atoms with Gasteiger partial charge in [0.15, 0.2) is 0 Å². The minimum atomic E-state index is -4.81. The van der Waals surface area contributed by atoms with E-state index in [1.807, 2.05) is 45.9 Å². The molecule has 256 valence electrons. The Morgan fingerprint density at radius 2 is 1.79 bits per heavy atom. The molecule has 2 N–H and O–H groups in total. The molecular weight excluding hydrogens is 630 g/mol. The van der Waals surface area contributed by atoms with Crippen molar-refractivity contribution < 1.29 is 32.3 Å². The summed E-state index contributed by atoms with van der Waals surface area (Å²) in [6.07, 6.45) is -0.243. The molecule has 2 atom stereocenters. The van der Waals surface area contributed by atoms with Crippen molar-refractivity contribution >= 4 is 17.5 Å². The van der Waals surface area contributed by atoms with Crippen LogP contribution in [0.5, 0.6) is 0 Å². The van der Waals surface area contributed by atoms with Crippen LogP contribution in [0.25, 0.3) is 16.8 Å². The van der Waals surface area contributed by atoms with Crippen LogP contribution in [0.15, 0.2) is 59.9 Å². The summed E-state index contributed by atoms with van der Waals surface area (Å²) in [6, 6.07) is 5.86. The zero-order valence-corrected chi connectivity index (χ0v) is 27.2. The van der Waals surface area contributed by atoms with E-state index in [9.17, 15) is 37.1 Å². The third kappa shape index (κ3) is 7.61. The summed E-state index contributed by atoms with van der Waals surface area (Å²) in [5.41, 5.74) is 2.42. The number of likely N-dealkylation sites (tertiary alicyclic amines) is 1. The minimum Gasteiger partial charge on any atom is -0.481 e. The van der Waals surface area contributed by atoms with Crippen LogP contribution in [0.3, 0.4) is 0 Å². The number of fused-ring (bicyclic) bond motifs is 1. The van der Waals surface area contributed by atoms with Crippen LogP contribution in [0.2, 0.25) is 0 Å². The highest BCUT2D eigenvalue weighted by Crippen LogP contribution is 2.35. The van der Waals surface area contributed by atoms with Gasteiger partial charge in [-0.3, -0.25) is 19.3 Å². The third-order valence-electron chi connectivity index (χ3n) is 8.77. The van der Waals surface area contributed by atoms with Gasteiger partial charge in [0.2, 0.25) is 5.91 Å². The Kier molecular flexibility index (Phi) is 10.1. The summed E-state index contributed by atoms with van der Waals surface area (Å²) in [5, 5.41) is 12.7. The molecule has 3 aromatic heterocycles. The molecule has 1 aromatic carbocycles. The number of halogens is 4. The summed E-state index contributed by atoms with van der Waals surface area (Å²) >= 11 is 0. The first-order chi connectivity index (χ1) is 22.6. The Hall–Kier alpha value is -4.52. The number of nitrogens with one attached hydrogen (secondary N) is 1. The van der Waals surface area contributed by atoms with Gasteiger partial charge in [-0.15, -0.1) is 0 Å². The van der Waals surface area contributed by atoms with E-state index in [1.165, 1.54) is 0 Å². The molecule has 2 unspecified atom stereocenters. The van der Waals surface area contributed by atoms with E-state index < -0.39 is 53.9 Å². The molecule has 48 heavy (non-hydrogen) atoms. The fraction of sp³-hybridized carbons (Fsp3) is 0.429. The maximum atomic E-state index is 14.1. The molecule has 1 saturated heterocycles. The molecule has 4 heterocycles. The Morgan fingerprint density at radius 1 is 1.10 bits per heavy atom. The second-order valence-corrected chi connectivity index (χ2v) is 13.0. The van der Waals surface area contributed by atoms with Gasteiger partial charge in [-0.2, -0.15) is 13.2 Å². The van der Waals surface area contributed by atoms with Crippen molar-refractivity contribution in [2.75, 3.05) is 19.6 Å². The highest BCUT2D eigenvalue weighted by atomic mass is 19.4. The number of hydrogen-bond donors (Lipinski definition) is 2. The minimum absolute atomic E-state index is 0.0974. The van der Waals surface area contributed by atoms with Gasteiger partial charge in [-0.05, 0) is 66.5 Å². The second kappa shape index (κ2) is 13.9. The van der Waals surface area contributed by atoms with Gasteiger partial charge in [-0.25, -0.2) is 9.37 Å². The molecule has 0 spiro atoms. The lowest BCUT2D eigenvalue weighted by molar-refractivity contribution is -0.139. The Morgan fingerprint density at radius 3 is 2.40 bits per heavy atom. The lowest BCUT2D eigenvalue weighted by atomic mass is 9.93. The number of amides is 1. The molecule has 1 fully saturated rings. The molecule has 0 bridgehead atoms. The van der Waals surface area contributed by atoms with Crippen molar-refractivity contribution in [1.82, 2.24) is 24.2 Å². The number of benzene rings is 1. The van der Waals surface area contributed by atoms with Gasteiger partial charge in [0.05, 0.1) is 18.0 Å². The van der Waals surface area contributed by atoms with E-state index in [0.717, 1.165) is 33.0 Å². The molecule has 1 aliphatic rings. The maximum Gasteiger partial charge on any atom is 0.416 e. The van der Waals surface area contributed by atoms with Crippen molar-refractivity contribution in [1.29, 1.82) is 0 Å².